The second-order valence-electron chi connectivity index (χ2n) is 6.45. The fourth-order valence-electron chi connectivity index (χ4n) is 2.89. The Bertz CT molecular complexity index is 813. The number of aryl methyl sites for hydroxylation is 3. The molecule has 6 nitrogen and oxygen atoms in total. The number of hydrogen-bond acceptors (Lipinski definition) is 5. The predicted octanol–water partition coefficient (Wildman–Crippen LogP) is 2.14. The highest BCUT2D eigenvalue weighted by Crippen LogP contribution is 2.24. The molecular formula is C18H22N4O2S. The van der Waals surface area contributed by atoms with Crippen molar-refractivity contribution in [2.75, 3.05) is 19.8 Å². The van der Waals surface area contributed by atoms with Crippen LogP contribution < -0.4 is 0 Å². The highest BCUT2D eigenvalue weighted by molar-refractivity contribution is 7.99. The Hall–Kier alpha value is -2.15. The quantitative estimate of drug-likeness (QED) is 0.585. The van der Waals surface area contributed by atoms with E-state index in [-0.39, 0.29) is 24.0 Å². The summed E-state index contributed by atoms with van der Waals surface area (Å²) in [6.45, 7) is 1.99. The van der Waals surface area contributed by atoms with E-state index in [1.54, 1.807) is 18.7 Å². The fourth-order valence-corrected chi connectivity index (χ4v) is 3.76. The molecular weight excluding hydrogens is 336 g/mol. The van der Waals surface area contributed by atoms with Crippen molar-refractivity contribution in [1.29, 1.82) is 0 Å². The largest absolute Gasteiger partial charge is 0.347 e. The molecule has 25 heavy (non-hydrogen) atoms. The molecule has 0 spiro atoms. The number of benzene rings is 1. The Morgan fingerprint density at radius 2 is 1.96 bits per heavy atom. The number of hydrogen-bond donors (Lipinski definition) is 0. The predicted molar refractivity (Wildman–Crippen MR) is 97.0 cm³/mol. The number of aromatic nitrogens is 3. The van der Waals surface area contributed by atoms with E-state index in [1.165, 1.54) is 34.2 Å². The minimum atomic E-state index is -0.0327. The van der Waals surface area contributed by atoms with Crippen LogP contribution in [-0.2, 0) is 24.2 Å². The monoisotopic (exact) mass is 358 g/mol. The van der Waals surface area contributed by atoms with Gasteiger partial charge in [0.15, 0.2) is 10.9 Å². The lowest BCUT2D eigenvalue weighted by molar-refractivity contribution is -0.129. The van der Waals surface area contributed by atoms with Crippen LogP contribution in [0, 0.1) is 6.92 Å². The van der Waals surface area contributed by atoms with Gasteiger partial charge >= 0.3 is 0 Å². The Labute approximate surface area is 151 Å². The second kappa shape index (κ2) is 7.39. The molecule has 0 saturated carbocycles. The van der Waals surface area contributed by atoms with Crippen molar-refractivity contribution in [3.63, 3.8) is 0 Å². The van der Waals surface area contributed by atoms with E-state index < -0.39 is 0 Å². The van der Waals surface area contributed by atoms with Crippen LogP contribution in [0.4, 0.5) is 0 Å². The van der Waals surface area contributed by atoms with Gasteiger partial charge in [-0.1, -0.05) is 23.9 Å². The van der Waals surface area contributed by atoms with E-state index in [2.05, 4.69) is 16.3 Å². The summed E-state index contributed by atoms with van der Waals surface area (Å²) in [6.07, 6.45) is 3.34. The van der Waals surface area contributed by atoms with Crippen LogP contribution in [0.5, 0.6) is 0 Å². The zero-order chi connectivity index (χ0) is 18.0. The number of Topliss-reactive ketones (excluding diaryl/α,β-unsaturated/α-hetero) is 1. The molecule has 0 aliphatic heterocycles. The molecule has 0 radical (unpaired) electrons. The van der Waals surface area contributed by atoms with Crippen molar-refractivity contribution < 1.29 is 9.59 Å². The molecule has 1 aliphatic carbocycles. The molecule has 3 rings (SSSR count). The molecule has 1 amide bonds. The first-order chi connectivity index (χ1) is 12.0. The summed E-state index contributed by atoms with van der Waals surface area (Å²) < 4.78 is 1.75. The summed E-state index contributed by atoms with van der Waals surface area (Å²) in [5.74, 6) is 0.996. The average Bonchev–Trinajstić information content (AvgIpc) is 3.19. The van der Waals surface area contributed by atoms with E-state index in [0.29, 0.717) is 11.0 Å². The summed E-state index contributed by atoms with van der Waals surface area (Å²) in [6, 6.07) is 6.01. The van der Waals surface area contributed by atoms with Crippen molar-refractivity contribution in [2.24, 2.45) is 0 Å². The minimum Gasteiger partial charge on any atom is -0.347 e. The maximum Gasteiger partial charge on any atom is 0.242 e. The number of amides is 1. The Morgan fingerprint density at radius 1 is 1.20 bits per heavy atom. The molecule has 0 fully saturated rings. The topological polar surface area (TPSA) is 68.1 Å². The maximum atomic E-state index is 12.5. The molecule has 2 aromatic rings. The van der Waals surface area contributed by atoms with Gasteiger partial charge in [-0.05, 0) is 43.4 Å². The maximum absolute atomic E-state index is 12.5. The number of ketones is 1. The molecule has 0 unspecified atom stereocenters. The lowest BCUT2D eigenvalue weighted by Gasteiger charge is -2.12. The van der Waals surface area contributed by atoms with Gasteiger partial charge in [0.05, 0.1) is 5.75 Å². The normalized spacial score (nSPS) is 12.9. The zero-order valence-corrected chi connectivity index (χ0v) is 15.6. The third-order valence-electron chi connectivity index (χ3n) is 4.45. The molecule has 0 atom stereocenters. The van der Waals surface area contributed by atoms with Crippen LogP contribution in [0.2, 0.25) is 0 Å². The lowest BCUT2D eigenvalue weighted by Crippen LogP contribution is -2.27. The molecule has 1 aromatic heterocycles. The number of nitrogens with zero attached hydrogens (tertiary/aromatic N) is 4. The summed E-state index contributed by atoms with van der Waals surface area (Å²) in [5.41, 5.74) is 3.41. The Morgan fingerprint density at radius 3 is 2.72 bits per heavy atom. The molecule has 1 aliphatic rings. The summed E-state index contributed by atoms with van der Waals surface area (Å²) in [5, 5.41) is 8.74. The van der Waals surface area contributed by atoms with Gasteiger partial charge in [0.2, 0.25) is 5.91 Å². The fraction of sp³-hybridized carbons (Fsp3) is 0.444. The van der Waals surface area contributed by atoms with E-state index in [9.17, 15) is 9.59 Å². The molecule has 0 N–H and O–H groups in total. The first-order valence-corrected chi connectivity index (χ1v) is 9.32. The summed E-state index contributed by atoms with van der Waals surface area (Å²) in [4.78, 5) is 26.0. The van der Waals surface area contributed by atoms with E-state index in [4.69, 9.17) is 0 Å². The highest BCUT2D eigenvalue weighted by atomic mass is 32.2. The summed E-state index contributed by atoms with van der Waals surface area (Å²) in [7, 11) is 3.43. The van der Waals surface area contributed by atoms with Gasteiger partial charge in [0.25, 0.3) is 0 Å². The SMILES string of the molecule is Cc1nnc(SCC(=O)c2ccc3c(c2)CCC3)n1CC(=O)N(C)C. The third kappa shape index (κ3) is 3.92. The van der Waals surface area contributed by atoms with Gasteiger partial charge in [0.1, 0.15) is 12.4 Å². The summed E-state index contributed by atoms with van der Waals surface area (Å²) >= 11 is 1.33. The molecule has 0 saturated heterocycles. The lowest BCUT2D eigenvalue weighted by atomic mass is 10.0. The van der Waals surface area contributed by atoms with Gasteiger partial charge in [0, 0.05) is 19.7 Å². The van der Waals surface area contributed by atoms with E-state index in [1.807, 2.05) is 19.1 Å². The van der Waals surface area contributed by atoms with Crippen molar-refractivity contribution in [1.82, 2.24) is 19.7 Å². The van der Waals surface area contributed by atoms with E-state index in [0.717, 1.165) is 18.4 Å². The average molecular weight is 358 g/mol. The number of fused-ring (bicyclic) bond motifs is 1. The third-order valence-corrected chi connectivity index (χ3v) is 5.41. The van der Waals surface area contributed by atoms with Gasteiger partial charge in [-0.15, -0.1) is 10.2 Å². The van der Waals surface area contributed by atoms with Crippen LogP contribution in [0.3, 0.4) is 0 Å². The number of carbonyl (C=O) groups excluding carboxylic acids is 2. The molecule has 1 heterocycles. The van der Waals surface area contributed by atoms with Crippen LogP contribution >= 0.6 is 11.8 Å². The number of carbonyl (C=O) groups is 2. The molecule has 1 aromatic carbocycles. The Kier molecular flexibility index (Phi) is 5.22. The van der Waals surface area contributed by atoms with Crippen molar-refractivity contribution in [3.8, 4) is 0 Å². The van der Waals surface area contributed by atoms with Crippen molar-refractivity contribution in [3.05, 3.63) is 40.7 Å². The van der Waals surface area contributed by atoms with Crippen LogP contribution in [0.15, 0.2) is 23.4 Å². The number of thioether (sulfide) groups is 1. The first kappa shape index (κ1) is 17.7. The smallest absolute Gasteiger partial charge is 0.242 e. The highest BCUT2D eigenvalue weighted by Gasteiger charge is 2.17. The molecule has 7 heteroatoms. The number of likely N-dealkylation sites (N-methyl/N-ethyl adjacent to an activating group) is 1. The van der Waals surface area contributed by atoms with Crippen molar-refractivity contribution in [2.45, 2.75) is 37.9 Å². The van der Waals surface area contributed by atoms with Crippen LogP contribution in [-0.4, -0.2) is 51.2 Å². The number of rotatable bonds is 6. The molecule has 0 bridgehead atoms. The first-order valence-electron chi connectivity index (χ1n) is 8.33. The standard InChI is InChI=1S/C18H22N4O2S/c1-12-19-20-18(22(12)10-17(24)21(2)3)25-11-16(23)15-8-7-13-5-4-6-14(13)9-15/h7-9H,4-6,10-11H2,1-3H3. The second-order valence-corrected chi connectivity index (χ2v) is 7.40. The minimum absolute atomic E-state index is 0.0327. The Balaban J connectivity index is 1.67. The van der Waals surface area contributed by atoms with Gasteiger partial charge in [-0.2, -0.15) is 0 Å². The van der Waals surface area contributed by atoms with Gasteiger partial charge in [-0.3, -0.25) is 14.2 Å². The van der Waals surface area contributed by atoms with Crippen molar-refractivity contribution >= 4 is 23.5 Å². The van der Waals surface area contributed by atoms with Gasteiger partial charge < -0.3 is 4.90 Å². The van der Waals surface area contributed by atoms with Crippen LogP contribution in [0.25, 0.3) is 0 Å². The molecule has 132 valence electrons. The van der Waals surface area contributed by atoms with Gasteiger partial charge in [-0.25, -0.2) is 0 Å². The zero-order valence-electron chi connectivity index (χ0n) is 14.8. The van der Waals surface area contributed by atoms with E-state index >= 15 is 0 Å². The van der Waals surface area contributed by atoms with Crippen LogP contribution in [0.1, 0.15) is 33.7 Å².